The minimum atomic E-state index is -4.40. The van der Waals surface area contributed by atoms with E-state index in [0.717, 1.165) is 28.3 Å². The van der Waals surface area contributed by atoms with Crippen LogP contribution in [0.3, 0.4) is 0 Å². The van der Waals surface area contributed by atoms with Gasteiger partial charge in [-0.2, -0.15) is 13.2 Å². The van der Waals surface area contributed by atoms with Crippen LogP contribution in [-0.2, 0) is 17.4 Å². The molecule has 30 heavy (non-hydrogen) atoms. The fourth-order valence-corrected chi connectivity index (χ4v) is 4.40. The molecule has 6 nitrogen and oxygen atoms in total. The van der Waals surface area contributed by atoms with Gasteiger partial charge in [-0.25, -0.2) is 9.29 Å². The third-order valence-corrected chi connectivity index (χ3v) is 6.01. The number of carbonyl (C=O) groups is 1. The molecule has 160 valence electrons. The maximum atomic E-state index is 12.7. The fraction of sp³-hybridized carbons (Fsp3) is 0.400. The molecular weight excluding hydrogens is 417 g/mol. The number of aryl methyl sites for hydroxylation is 1. The number of amides is 1. The Morgan fingerprint density at radius 1 is 1.27 bits per heavy atom. The standard InChI is InChI=1S/C20H21F3N4O2S/c1-13-3-5-17(9-15(13)10-19(28)25-29)30-26-7-8-27(14(2)12-26)18-6-4-16(11-24-18)20(21,22)23/h3-6,9,11,14H,7-8,10,12H2,1-2H3. The van der Waals surface area contributed by atoms with E-state index in [-0.39, 0.29) is 12.5 Å². The molecule has 1 amide bonds. The first-order valence-corrected chi connectivity index (χ1v) is 10.1. The molecule has 3 rings (SSSR count). The number of halogens is 3. The van der Waals surface area contributed by atoms with Crippen molar-refractivity contribution in [2.75, 3.05) is 24.5 Å². The molecule has 10 heteroatoms. The Balaban J connectivity index is 1.64. The first kappa shape index (κ1) is 22.2. The van der Waals surface area contributed by atoms with Crippen molar-refractivity contribution >= 4 is 23.7 Å². The van der Waals surface area contributed by atoms with Crippen molar-refractivity contribution in [2.45, 2.75) is 37.4 Å². The summed E-state index contributed by atoms with van der Waals surface area (Å²) in [6, 6.07) is 8.27. The molecular formula is C20H21F3N4O2S. The molecule has 1 fully saturated rings. The lowest BCUT2D eigenvalue weighted by atomic mass is 10.1. The third-order valence-electron chi connectivity index (χ3n) is 4.96. The van der Waals surface area contributed by atoms with Gasteiger partial charge in [-0.1, -0.05) is 6.07 Å². The Labute approximate surface area is 176 Å². The summed E-state index contributed by atoms with van der Waals surface area (Å²) in [6.07, 6.45) is -3.55. The van der Waals surface area contributed by atoms with E-state index in [1.54, 1.807) is 11.9 Å². The van der Waals surface area contributed by atoms with E-state index in [2.05, 4.69) is 14.5 Å². The molecule has 2 aromatic rings. The molecule has 1 aliphatic heterocycles. The van der Waals surface area contributed by atoms with Crippen LogP contribution in [0.15, 0.2) is 46.6 Å². The number of carbonyl (C=O) groups excluding carboxylic acids is 1. The van der Waals surface area contributed by atoms with E-state index in [0.29, 0.717) is 25.5 Å². The van der Waals surface area contributed by atoms with Crippen LogP contribution in [0.25, 0.3) is 0 Å². The van der Waals surface area contributed by atoms with Crippen LogP contribution in [0.5, 0.6) is 0 Å². The number of hydrogen-bond acceptors (Lipinski definition) is 6. The lowest BCUT2D eigenvalue weighted by molar-refractivity contribution is -0.137. The number of hydrogen-bond donors (Lipinski definition) is 0. The van der Waals surface area contributed by atoms with Crippen LogP contribution in [0.2, 0.25) is 0 Å². The Morgan fingerprint density at radius 3 is 2.63 bits per heavy atom. The molecule has 1 atom stereocenters. The molecule has 1 aromatic carbocycles. The van der Waals surface area contributed by atoms with Gasteiger partial charge in [0.05, 0.1) is 12.0 Å². The average molecular weight is 438 g/mol. The van der Waals surface area contributed by atoms with Crippen molar-refractivity contribution < 1.29 is 18.0 Å². The van der Waals surface area contributed by atoms with Crippen LogP contribution in [-0.4, -0.2) is 40.9 Å². The number of piperazine rings is 1. The van der Waals surface area contributed by atoms with E-state index in [4.69, 9.17) is 0 Å². The fourth-order valence-electron chi connectivity index (χ4n) is 3.31. The number of anilines is 1. The predicted octanol–water partition coefficient (Wildman–Crippen LogP) is 4.46. The Kier molecular flexibility index (Phi) is 6.77. The van der Waals surface area contributed by atoms with Crippen molar-refractivity contribution in [3.8, 4) is 0 Å². The minimum absolute atomic E-state index is 0.0203. The summed E-state index contributed by atoms with van der Waals surface area (Å²) in [6.45, 7) is 5.88. The summed E-state index contributed by atoms with van der Waals surface area (Å²) in [7, 11) is 0. The van der Waals surface area contributed by atoms with Crippen LogP contribution < -0.4 is 4.90 Å². The quantitative estimate of drug-likeness (QED) is 0.507. The SMILES string of the molecule is Cc1ccc(SN2CCN(c3ccc(C(F)(F)F)cn3)C(C)C2)cc1CC(=O)N=O. The normalized spacial score (nSPS) is 17.8. The molecule has 1 aromatic heterocycles. The second-order valence-electron chi connectivity index (χ2n) is 7.17. The maximum Gasteiger partial charge on any atom is 0.417 e. The van der Waals surface area contributed by atoms with Gasteiger partial charge >= 0.3 is 6.18 Å². The van der Waals surface area contributed by atoms with Gasteiger partial charge in [0.25, 0.3) is 5.91 Å². The van der Waals surface area contributed by atoms with Crippen molar-refractivity contribution in [3.63, 3.8) is 0 Å². The maximum absolute atomic E-state index is 12.7. The molecule has 2 heterocycles. The van der Waals surface area contributed by atoms with E-state index in [9.17, 15) is 22.9 Å². The van der Waals surface area contributed by atoms with Crippen molar-refractivity contribution in [1.29, 1.82) is 0 Å². The molecule has 1 saturated heterocycles. The van der Waals surface area contributed by atoms with Crippen molar-refractivity contribution in [2.24, 2.45) is 5.18 Å². The van der Waals surface area contributed by atoms with Gasteiger partial charge in [0.1, 0.15) is 5.82 Å². The first-order valence-electron chi connectivity index (χ1n) is 9.36. The van der Waals surface area contributed by atoms with E-state index < -0.39 is 17.6 Å². The molecule has 0 N–H and O–H groups in total. The number of aromatic nitrogens is 1. The Bertz CT molecular complexity index is 921. The Hall–Kier alpha value is -2.46. The predicted molar refractivity (Wildman–Crippen MR) is 109 cm³/mol. The second-order valence-corrected chi connectivity index (χ2v) is 8.34. The van der Waals surface area contributed by atoms with Gasteiger partial charge in [0.15, 0.2) is 0 Å². The smallest absolute Gasteiger partial charge is 0.351 e. The number of nitroso groups, excluding NO2 is 1. The number of benzene rings is 1. The average Bonchev–Trinajstić information content (AvgIpc) is 2.70. The largest absolute Gasteiger partial charge is 0.417 e. The molecule has 0 spiro atoms. The van der Waals surface area contributed by atoms with Crippen LogP contribution in [0, 0.1) is 11.8 Å². The zero-order valence-electron chi connectivity index (χ0n) is 16.5. The molecule has 0 aliphatic carbocycles. The molecule has 0 saturated carbocycles. The van der Waals surface area contributed by atoms with Gasteiger partial charge in [0, 0.05) is 41.9 Å². The highest BCUT2D eigenvalue weighted by molar-refractivity contribution is 7.97. The zero-order valence-corrected chi connectivity index (χ0v) is 17.3. The lowest BCUT2D eigenvalue weighted by Gasteiger charge is -2.40. The van der Waals surface area contributed by atoms with Crippen molar-refractivity contribution in [1.82, 2.24) is 9.29 Å². The summed E-state index contributed by atoms with van der Waals surface area (Å²) < 4.78 is 40.4. The minimum Gasteiger partial charge on any atom is -0.351 e. The van der Waals surface area contributed by atoms with Gasteiger partial charge < -0.3 is 4.90 Å². The highest BCUT2D eigenvalue weighted by Gasteiger charge is 2.31. The monoisotopic (exact) mass is 438 g/mol. The Morgan fingerprint density at radius 2 is 2.03 bits per heavy atom. The van der Waals surface area contributed by atoms with E-state index in [1.165, 1.54) is 6.07 Å². The van der Waals surface area contributed by atoms with Gasteiger partial charge in [-0.05, 0) is 61.2 Å². The summed E-state index contributed by atoms with van der Waals surface area (Å²) >= 11 is 1.55. The number of rotatable bonds is 5. The number of pyridine rings is 1. The topological polar surface area (TPSA) is 65.9 Å². The summed E-state index contributed by atoms with van der Waals surface area (Å²) in [5.41, 5.74) is 0.930. The molecule has 0 bridgehead atoms. The second kappa shape index (κ2) is 9.13. The summed E-state index contributed by atoms with van der Waals surface area (Å²) in [4.78, 5) is 28.7. The third kappa shape index (κ3) is 5.37. The van der Waals surface area contributed by atoms with Crippen LogP contribution in [0.4, 0.5) is 19.0 Å². The molecule has 1 unspecified atom stereocenters. The van der Waals surface area contributed by atoms with E-state index >= 15 is 0 Å². The zero-order chi connectivity index (χ0) is 21.9. The van der Waals surface area contributed by atoms with Crippen LogP contribution >= 0.6 is 11.9 Å². The summed E-state index contributed by atoms with van der Waals surface area (Å²) in [5.74, 6) is -0.177. The highest BCUT2D eigenvalue weighted by Crippen LogP contribution is 2.31. The van der Waals surface area contributed by atoms with Crippen molar-refractivity contribution in [3.05, 3.63) is 58.1 Å². The van der Waals surface area contributed by atoms with Gasteiger partial charge in [0.2, 0.25) is 0 Å². The lowest BCUT2D eigenvalue weighted by Crippen LogP contribution is -2.50. The molecule has 1 aliphatic rings. The first-order chi connectivity index (χ1) is 14.2. The highest BCUT2D eigenvalue weighted by atomic mass is 32.2. The van der Waals surface area contributed by atoms with E-state index in [1.807, 2.05) is 36.9 Å². The van der Waals surface area contributed by atoms with Crippen LogP contribution in [0.1, 0.15) is 23.6 Å². The number of nitrogens with zero attached hydrogens (tertiary/aromatic N) is 4. The number of alkyl halides is 3. The molecule has 0 radical (unpaired) electrons. The summed E-state index contributed by atoms with van der Waals surface area (Å²) in [5, 5.41) is 2.46. The van der Waals surface area contributed by atoms with Gasteiger partial charge in [-0.15, -0.1) is 4.91 Å². The van der Waals surface area contributed by atoms with Gasteiger partial charge in [-0.3, -0.25) is 4.79 Å².